The van der Waals surface area contributed by atoms with Crippen molar-refractivity contribution in [1.29, 1.82) is 0 Å². The van der Waals surface area contributed by atoms with Crippen molar-refractivity contribution in [2.45, 2.75) is 20.8 Å². The molecule has 0 spiro atoms. The first-order valence-electron chi connectivity index (χ1n) is 3.00. The molecule has 0 aromatic rings. The van der Waals surface area contributed by atoms with Gasteiger partial charge in [0, 0.05) is 5.88 Å². The zero-order chi connectivity index (χ0) is 7.70. The van der Waals surface area contributed by atoms with Crippen LogP contribution in [0.1, 0.15) is 20.8 Å². The van der Waals surface area contributed by atoms with Crippen LogP contribution in [0.15, 0.2) is 12.2 Å². The van der Waals surface area contributed by atoms with Gasteiger partial charge in [-0.3, -0.25) is 4.79 Å². The van der Waals surface area contributed by atoms with Gasteiger partial charge in [0.05, 0.1) is 0 Å². The van der Waals surface area contributed by atoms with E-state index in [1.165, 1.54) is 13.0 Å². The molecule has 0 aromatic heterocycles. The Bertz CT molecular complexity index is 86.9. The van der Waals surface area contributed by atoms with Crippen LogP contribution in [0.2, 0.25) is 0 Å². The van der Waals surface area contributed by atoms with Crippen LogP contribution < -0.4 is 0 Å². The Balaban J connectivity index is 0. The molecule has 0 rings (SSSR count). The van der Waals surface area contributed by atoms with Gasteiger partial charge in [-0.15, -0.1) is 11.6 Å². The quantitative estimate of drug-likeness (QED) is 0.434. The summed E-state index contributed by atoms with van der Waals surface area (Å²) in [7, 11) is 0. The summed E-state index contributed by atoms with van der Waals surface area (Å²) in [6.07, 6.45) is 3.07. The van der Waals surface area contributed by atoms with E-state index in [4.69, 9.17) is 11.6 Å². The largest absolute Gasteiger partial charge is 0.295 e. The molecule has 0 saturated heterocycles. The van der Waals surface area contributed by atoms with Crippen LogP contribution in [0.3, 0.4) is 0 Å². The molecular weight excluding hydrogens is 136 g/mol. The van der Waals surface area contributed by atoms with Crippen LogP contribution in [0.25, 0.3) is 0 Å². The summed E-state index contributed by atoms with van der Waals surface area (Å²) in [6, 6.07) is 0. The van der Waals surface area contributed by atoms with Crippen LogP contribution >= 0.6 is 11.6 Å². The lowest BCUT2D eigenvalue weighted by molar-refractivity contribution is -0.112. The Labute approximate surface area is 61.7 Å². The molecule has 0 bridgehead atoms. The Morgan fingerprint density at radius 2 is 2.00 bits per heavy atom. The fourth-order valence-electron chi connectivity index (χ4n) is 0.211. The Kier molecular flexibility index (Phi) is 13.6. The molecule has 0 aliphatic carbocycles. The molecule has 0 heterocycles. The van der Waals surface area contributed by atoms with Crippen LogP contribution in [-0.2, 0) is 4.79 Å². The van der Waals surface area contributed by atoms with E-state index in [-0.39, 0.29) is 5.78 Å². The highest BCUT2D eigenvalue weighted by molar-refractivity contribution is 6.19. The molecule has 0 aliphatic rings. The summed E-state index contributed by atoms with van der Waals surface area (Å²) in [5.74, 6) is 0.459. The van der Waals surface area contributed by atoms with Gasteiger partial charge in [-0.25, -0.2) is 0 Å². The molecule has 0 radical (unpaired) electrons. The third-order valence-corrected chi connectivity index (χ3v) is 0.620. The van der Waals surface area contributed by atoms with E-state index < -0.39 is 0 Å². The van der Waals surface area contributed by atoms with Crippen molar-refractivity contribution in [3.8, 4) is 0 Å². The number of hydrogen-bond acceptors (Lipinski definition) is 1. The molecule has 2 heteroatoms. The fraction of sp³-hybridized carbons (Fsp3) is 0.571. The maximum absolute atomic E-state index is 10.1. The molecule has 0 aromatic carbocycles. The lowest BCUT2D eigenvalue weighted by Crippen LogP contribution is -1.78. The number of hydrogen-bond donors (Lipinski definition) is 0. The van der Waals surface area contributed by atoms with Crippen molar-refractivity contribution in [1.82, 2.24) is 0 Å². The molecule has 0 aliphatic heterocycles. The minimum Gasteiger partial charge on any atom is -0.295 e. The second kappa shape index (κ2) is 10.6. The zero-order valence-corrected chi connectivity index (χ0v) is 6.90. The van der Waals surface area contributed by atoms with Gasteiger partial charge in [0.25, 0.3) is 0 Å². The number of alkyl halides is 1. The van der Waals surface area contributed by atoms with E-state index in [9.17, 15) is 4.79 Å². The molecule has 0 saturated carbocycles. The van der Waals surface area contributed by atoms with Gasteiger partial charge in [-0.1, -0.05) is 19.9 Å². The van der Waals surface area contributed by atoms with Crippen LogP contribution in [0, 0.1) is 0 Å². The van der Waals surface area contributed by atoms with E-state index >= 15 is 0 Å². The van der Waals surface area contributed by atoms with Crippen molar-refractivity contribution < 1.29 is 4.79 Å². The topological polar surface area (TPSA) is 17.1 Å². The maximum atomic E-state index is 10.1. The summed E-state index contributed by atoms with van der Waals surface area (Å²) in [5.41, 5.74) is 0. The number of allylic oxidation sites excluding steroid dienone is 2. The minimum atomic E-state index is 0.0423. The molecule has 0 N–H and O–H groups in total. The van der Waals surface area contributed by atoms with Gasteiger partial charge >= 0.3 is 0 Å². The van der Waals surface area contributed by atoms with Crippen molar-refractivity contribution in [3.05, 3.63) is 12.2 Å². The first-order valence-corrected chi connectivity index (χ1v) is 3.54. The van der Waals surface area contributed by atoms with Gasteiger partial charge in [-0.2, -0.15) is 0 Å². The summed E-state index contributed by atoms with van der Waals surface area (Å²) < 4.78 is 0. The van der Waals surface area contributed by atoms with Gasteiger partial charge in [0.1, 0.15) is 0 Å². The van der Waals surface area contributed by atoms with Crippen LogP contribution in [0.4, 0.5) is 0 Å². The highest BCUT2D eigenvalue weighted by Gasteiger charge is 1.76. The minimum absolute atomic E-state index is 0.0423. The maximum Gasteiger partial charge on any atom is 0.152 e. The van der Waals surface area contributed by atoms with Crippen LogP contribution in [-0.4, -0.2) is 11.7 Å². The standard InChI is InChI=1S/C5H7ClO.C2H6/c1-5(7)3-2-4-6;1-2/h2-3H,4H2,1H3;1-2H3/b3-2+;. The lowest BCUT2D eigenvalue weighted by Gasteiger charge is -1.72. The SMILES string of the molecule is CC.CC(=O)/C=C/CCl. The van der Waals surface area contributed by atoms with E-state index in [0.29, 0.717) is 5.88 Å². The van der Waals surface area contributed by atoms with Crippen molar-refractivity contribution in [2.24, 2.45) is 0 Å². The first-order chi connectivity index (χ1) is 4.27. The summed E-state index contributed by atoms with van der Waals surface area (Å²) >= 11 is 5.21. The third-order valence-electron chi connectivity index (χ3n) is 0.442. The van der Waals surface area contributed by atoms with E-state index in [2.05, 4.69) is 0 Å². The van der Waals surface area contributed by atoms with Gasteiger partial charge < -0.3 is 0 Å². The summed E-state index contributed by atoms with van der Waals surface area (Å²) in [4.78, 5) is 10.1. The predicted octanol–water partition coefficient (Wildman–Crippen LogP) is 2.40. The molecule has 9 heavy (non-hydrogen) atoms. The highest BCUT2D eigenvalue weighted by Crippen LogP contribution is 1.77. The highest BCUT2D eigenvalue weighted by atomic mass is 35.5. The van der Waals surface area contributed by atoms with E-state index in [1.54, 1.807) is 6.08 Å². The molecule has 0 fully saturated rings. The number of carbonyl (C=O) groups is 1. The Morgan fingerprint density at radius 1 is 1.56 bits per heavy atom. The van der Waals surface area contributed by atoms with Gasteiger partial charge in [0.2, 0.25) is 0 Å². The summed E-state index contributed by atoms with van der Waals surface area (Å²) in [5, 5.41) is 0. The monoisotopic (exact) mass is 148 g/mol. The number of rotatable bonds is 2. The predicted molar refractivity (Wildman–Crippen MR) is 41.9 cm³/mol. The van der Waals surface area contributed by atoms with E-state index in [1.807, 2.05) is 13.8 Å². The summed E-state index contributed by atoms with van der Waals surface area (Å²) in [6.45, 7) is 5.49. The molecular formula is C7H13ClO. The third kappa shape index (κ3) is 18.3. The zero-order valence-electron chi connectivity index (χ0n) is 6.15. The Morgan fingerprint density at radius 3 is 2.11 bits per heavy atom. The van der Waals surface area contributed by atoms with Crippen molar-refractivity contribution in [2.75, 3.05) is 5.88 Å². The number of halogens is 1. The van der Waals surface area contributed by atoms with E-state index in [0.717, 1.165) is 0 Å². The van der Waals surface area contributed by atoms with Crippen molar-refractivity contribution >= 4 is 17.4 Å². The Hall–Kier alpha value is -0.300. The first kappa shape index (κ1) is 11.5. The molecule has 1 nitrogen and oxygen atoms in total. The lowest BCUT2D eigenvalue weighted by atomic mass is 10.4. The average molecular weight is 149 g/mol. The van der Waals surface area contributed by atoms with Crippen molar-refractivity contribution in [3.63, 3.8) is 0 Å². The molecule has 0 unspecified atom stereocenters. The fourth-order valence-corrected chi connectivity index (χ4v) is 0.300. The van der Waals surface area contributed by atoms with Crippen LogP contribution in [0.5, 0.6) is 0 Å². The second-order valence-electron chi connectivity index (χ2n) is 1.17. The molecule has 0 amide bonds. The van der Waals surface area contributed by atoms with Gasteiger partial charge in [-0.05, 0) is 13.0 Å². The number of carbonyl (C=O) groups excluding carboxylic acids is 1. The average Bonchev–Trinajstić information content (AvgIpc) is 1.88. The number of ketones is 1. The van der Waals surface area contributed by atoms with Gasteiger partial charge in [0.15, 0.2) is 5.78 Å². The molecule has 54 valence electrons. The smallest absolute Gasteiger partial charge is 0.152 e. The normalized spacial score (nSPS) is 8.44. The second-order valence-corrected chi connectivity index (χ2v) is 1.48. The molecule has 0 atom stereocenters.